The highest BCUT2D eigenvalue weighted by Crippen LogP contribution is 2.24. The van der Waals surface area contributed by atoms with Gasteiger partial charge >= 0.3 is 0 Å². The van der Waals surface area contributed by atoms with E-state index in [9.17, 15) is 19.7 Å². The summed E-state index contributed by atoms with van der Waals surface area (Å²) in [5, 5.41) is 13.7. The number of amides is 2. The lowest BCUT2D eigenvalue weighted by atomic mass is 10.1. The molecule has 0 saturated carbocycles. The second-order valence-electron chi connectivity index (χ2n) is 6.52. The summed E-state index contributed by atoms with van der Waals surface area (Å²) in [6, 6.07) is 11.0. The lowest BCUT2D eigenvalue weighted by Gasteiger charge is -2.16. The van der Waals surface area contributed by atoms with Gasteiger partial charge in [0.25, 0.3) is 17.5 Å². The van der Waals surface area contributed by atoms with Crippen LogP contribution in [0.25, 0.3) is 0 Å². The van der Waals surface area contributed by atoms with Crippen LogP contribution in [0.5, 0.6) is 5.75 Å². The van der Waals surface area contributed by atoms with Crippen LogP contribution < -0.4 is 10.1 Å². The third-order valence-electron chi connectivity index (χ3n) is 4.66. The summed E-state index contributed by atoms with van der Waals surface area (Å²) < 4.78 is 5.13. The Kier molecular flexibility index (Phi) is 5.88. The Morgan fingerprint density at radius 3 is 2.61 bits per heavy atom. The summed E-state index contributed by atoms with van der Waals surface area (Å²) >= 11 is 0. The number of likely N-dealkylation sites (tertiary alicyclic amines) is 1. The van der Waals surface area contributed by atoms with Gasteiger partial charge < -0.3 is 15.0 Å². The third-order valence-corrected chi connectivity index (χ3v) is 4.66. The number of hydrogen-bond donors (Lipinski definition) is 1. The Bertz CT molecular complexity index is 906. The molecule has 1 fully saturated rings. The van der Waals surface area contributed by atoms with Crippen LogP contribution in [-0.4, -0.2) is 41.8 Å². The Morgan fingerprint density at radius 1 is 1.18 bits per heavy atom. The van der Waals surface area contributed by atoms with Crippen LogP contribution in [-0.2, 0) is 6.54 Å². The lowest BCUT2D eigenvalue weighted by Crippen LogP contribution is -2.28. The highest BCUT2D eigenvalue weighted by molar-refractivity contribution is 5.97. The lowest BCUT2D eigenvalue weighted by molar-refractivity contribution is -0.384. The first-order valence-electron chi connectivity index (χ1n) is 8.98. The molecule has 2 aromatic carbocycles. The number of carbonyl (C=O) groups excluding carboxylic acids is 2. The van der Waals surface area contributed by atoms with Crippen molar-refractivity contribution in [3.8, 4) is 5.75 Å². The van der Waals surface area contributed by atoms with E-state index in [4.69, 9.17) is 4.74 Å². The number of benzene rings is 2. The van der Waals surface area contributed by atoms with Crippen molar-refractivity contribution in [2.75, 3.05) is 20.2 Å². The zero-order valence-electron chi connectivity index (χ0n) is 15.5. The molecular formula is C20H21N3O5. The van der Waals surface area contributed by atoms with Gasteiger partial charge in [-0.2, -0.15) is 0 Å². The van der Waals surface area contributed by atoms with Crippen molar-refractivity contribution in [2.24, 2.45) is 0 Å². The van der Waals surface area contributed by atoms with E-state index in [1.807, 2.05) is 11.0 Å². The largest absolute Gasteiger partial charge is 0.496 e. The van der Waals surface area contributed by atoms with Crippen molar-refractivity contribution >= 4 is 17.5 Å². The van der Waals surface area contributed by atoms with Gasteiger partial charge in [-0.1, -0.05) is 12.1 Å². The van der Waals surface area contributed by atoms with Gasteiger partial charge in [0.05, 0.1) is 17.6 Å². The molecule has 28 heavy (non-hydrogen) atoms. The van der Waals surface area contributed by atoms with Gasteiger partial charge in [-0.05, 0) is 36.6 Å². The summed E-state index contributed by atoms with van der Waals surface area (Å²) in [5.41, 5.74) is 1.24. The number of hydrogen-bond acceptors (Lipinski definition) is 5. The van der Waals surface area contributed by atoms with Crippen molar-refractivity contribution in [2.45, 2.75) is 19.4 Å². The topological polar surface area (TPSA) is 102 Å². The molecule has 0 aromatic heterocycles. The number of carbonyl (C=O) groups is 2. The highest BCUT2D eigenvalue weighted by Gasteiger charge is 2.20. The maximum absolute atomic E-state index is 12.5. The van der Waals surface area contributed by atoms with Crippen molar-refractivity contribution in [3.63, 3.8) is 0 Å². The highest BCUT2D eigenvalue weighted by atomic mass is 16.6. The molecule has 1 heterocycles. The SMILES string of the molecule is COc1ccc([N+](=O)[O-])cc1C(=O)NCc1cccc(C(=O)N2CCCC2)c1. The van der Waals surface area contributed by atoms with Crippen LogP contribution in [0.2, 0.25) is 0 Å². The van der Waals surface area contributed by atoms with E-state index in [0.717, 1.165) is 31.5 Å². The number of non-ortho nitro benzene ring substituents is 1. The van der Waals surface area contributed by atoms with E-state index in [1.54, 1.807) is 18.2 Å². The summed E-state index contributed by atoms with van der Waals surface area (Å²) in [7, 11) is 1.39. The van der Waals surface area contributed by atoms with E-state index in [2.05, 4.69) is 5.32 Å². The second-order valence-corrected chi connectivity index (χ2v) is 6.52. The predicted molar refractivity (Wildman–Crippen MR) is 102 cm³/mol. The number of methoxy groups -OCH3 is 1. The van der Waals surface area contributed by atoms with E-state index < -0.39 is 10.8 Å². The van der Waals surface area contributed by atoms with Gasteiger partial charge in [0.1, 0.15) is 5.75 Å². The zero-order chi connectivity index (χ0) is 20.1. The molecule has 146 valence electrons. The molecule has 3 rings (SSSR count). The van der Waals surface area contributed by atoms with Gasteiger partial charge in [-0.3, -0.25) is 19.7 Å². The summed E-state index contributed by atoms with van der Waals surface area (Å²) in [6.45, 7) is 1.73. The van der Waals surface area contributed by atoms with E-state index in [-0.39, 0.29) is 29.5 Å². The maximum Gasteiger partial charge on any atom is 0.270 e. The van der Waals surface area contributed by atoms with Crippen LogP contribution in [0.4, 0.5) is 5.69 Å². The first-order chi connectivity index (χ1) is 13.5. The first kappa shape index (κ1) is 19.3. The smallest absolute Gasteiger partial charge is 0.270 e. The monoisotopic (exact) mass is 383 g/mol. The van der Waals surface area contributed by atoms with Crippen LogP contribution in [0.3, 0.4) is 0 Å². The van der Waals surface area contributed by atoms with Crippen LogP contribution in [0, 0.1) is 10.1 Å². The number of ether oxygens (including phenoxy) is 1. The number of nitrogens with zero attached hydrogens (tertiary/aromatic N) is 2. The molecule has 8 heteroatoms. The number of nitro benzene ring substituents is 1. The maximum atomic E-state index is 12.5. The van der Waals surface area contributed by atoms with E-state index in [0.29, 0.717) is 5.56 Å². The molecule has 2 amide bonds. The molecule has 0 aliphatic carbocycles. The Morgan fingerprint density at radius 2 is 1.93 bits per heavy atom. The van der Waals surface area contributed by atoms with Gasteiger partial charge in [0.15, 0.2) is 0 Å². The van der Waals surface area contributed by atoms with Crippen LogP contribution >= 0.6 is 0 Å². The standard InChI is InChI=1S/C20H21N3O5/c1-28-18-8-7-16(23(26)27)12-17(18)19(24)21-13-14-5-4-6-15(11-14)20(25)22-9-2-3-10-22/h4-8,11-12H,2-3,9-10,13H2,1H3,(H,21,24). The van der Waals surface area contributed by atoms with Crippen molar-refractivity contribution in [3.05, 3.63) is 69.3 Å². The fourth-order valence-corrected chi connectivity index (χ4v) is 3.18. The summed E-state index contributed by atoms with van der Waals surface area (Å²) in [5.74, 6) is -0.246. The minimum absolute atomic E-state index is 0.00831. The van der Waals surface area contributed by atoms with Gasteiger partial charge in [-0.25, -0.2) is 0 Å². The van der Waals surface area contributed by atoms with E-state index in [1.165, 1.54) is 25.3 Å². The first-order valence-corrected chi connectivity index (χ1v) is 8.98. The molecule has 1 aliphatic heterocycles. The predicted octanol–water partition coefficient (Wildman–Crippen LogP) is 2.77. The third kappa shape index (κ3) is 4.28. The molecular weight excluding hydrogens is 362 g/mol. The Labute approximate surface area is 162 Å². The minimum atomic E-state index is -0.566. The van der Waals surface area contributed by atoms with Crippen molar-refractivity contribution in [1.29, 1.82) is 0 Å². The molecule has 8 nitrogen and oxygen atoms in total. The molecule has 2 aromatic rings. The molecule has 0 radical (unpaired) electrons. The van der Waals surface area contributed by atoms with Crippen molar-refractivity contribution < 1.29 is 19.2 Å². The van der Waals surface area contributed by atoms with E-state index >= 15 is 0 Å². The van der Waals surface area contributed by atoms with Gasteiger partial charge in [0, 0.05) is 37.3 Å². The molecule has 1 aliphatic rings. The van der Waals surface area contributed by atoms with Crippen LogP contribution in [0.1, 0.15) is 39.1 Å². The molecule has 1 saturated heterocycles. The van der Waals surface area contributed by atoms with Crippen molar-refractivity contribution in [1.82, 2.24) is 10.2 Å². The molecule has 0 atom stereocenters. The Hall–Kier alpha value is -3.42. The number of nitro groups is 1. The average Bonchev–Trinajstić information content (AvgIpc) is 3.26. The second kappa shape index (κ2) is 8.51. The number of nitrogens with one attached hydrogen (secondary N) is 1. The minimum Gasteiger partial charge on any atom is -0.496 e. The fourth-order valence-electron chi connectivity index (χ4n) is 3.18. The van der Waals surface area contributed by atoms with Gasteiger partial charge in [-0.15, -0.1) is 0 Å². The normalized spacial score (nSPS) is 13.2. The molecule has 0 unspecified atom stereocenters. The molecule has 0 bridgehead atoms. The molecule has 0 spiro atoms. The zero-order valence-corrected chi connectivity index (χ0v) is 15.5. The fraction of sp³-hybridized carbons (Fsp3) is 0.300. The summed E-state index contributed by atoms with van der Waals surface area (Å²) in [4.78, 5) is 37.2. The Balaban J connectivity index is 1.71. The van der Waals surface area contributed by atoms with Crippen LogP contribution in [0.15, 0.2) is 42.5 Å². The quantitative estimate of drug-likeness (QED) is 0.610. The average molecular weight is 383 g/mol. The summed E-state index contributed by atoms with van der Waals surface area (Å²) in [6.07, 6.45) is 2.04. The number of rotatable bonds is 6. The van der Waals surface area contributed by atoms with Gasteiger partial charge in [0.2, 0.25) is 0 Å². The molecule has 1 N–H and O–H groups in total.